The molecule has 0 fully saturated rings. The molecule has 0 saturated carbocycles. The molecule has 2 aromatic rings. The standard InChI is InChI=1S/C10H8BrClN2OS/c1-5-3-7(12)4-6(2)8(5)15-10-14-13-9(11)16-10/h3-4H,1-2H3. The molecule has 0 radical (unpaired) electrons. The minimum Gasteiger partial charge on any atom is -0.429 e. The quantitative estimate of drug-likeness (QED) is 0.825. The van der Waals surface area contributed by atoms with Gasteiger partial charge in [-0.3, -0.25) is 0 Å². The molecule has 1 aromatic carbocycles. The lowest BCUT2D eigenvalue weighted by Crippen LogP contribution is -1.90. The molecule has 0 saturated heterocycles. The zero-order chi connectivity index (χ0) is 11.7. The largest absolute Gasteiger partial charge is 0.429 e. The molecule has 0 aliphatic heterocycles. The van der Waals surface area contributed by atoms with E-state index in [1.54, 1.807) is 0 Å². The van der Waals surface area contributed by atoms with Gasteiger partial charge in [-0.15, -0.1) is 5.10 Å². The van der Waals surface area contributed by atoms with Crippen LogP contribution >= 0.6 is 38.9 Å². The Morgan fingerprint density at radius 1 is 1.25 bits per heavy atom. The van der Waals surface area contributed by atoms with E-state index in [0.717, 1.165) is 16.9 Å². The van der Waals surface area contributed by atoms with Crippen molar-refractivity contribution in [1.29, 1.82) is 0 Å². The molecule has 0 N–H and O–H groups in total. The van der Waals surface area contributed by atoms with E-state index in [2.05, 4.69) is 26.1 Å². The van der Waals surface area contributed by atoms with Crippen LogP contribution < -0.4 is 4.74 Å². The average molecular weight is 320 g/mol. The van der Waals surface area contributed by atoms with Crippen LogP contribution in [-0.4, -0.2) is 10.2 Å². The highest BCUT2D eigenvalue weighted by molar-refractivity contribution is 9.11. The number of aromatic nitrogens is 2. The van der Waals surface area contributed by atoms with Crippen molar-refractivity contribution < 1.29 is 4.74 Å². The number of nitrogens with zero attached hydrogens (tertiary/aromatic N) is 2. The number of hydrogen-bond acceptors (Lipinski definition) is 4. The van der Waals surface area contributed by atoms with Gasteiger partial charge in [0.25, 0.3) is 5.19 Å². The van der Waals surface area contributed by atoms with Gasteiger partial charge in [-0.2, -0.15) is 0 Å². The van der Waals surface area contributed by atoms with Gasteiger partial charge in [0.15, 0.2) is 3.92 Å². The van der Waals surface area contributed by atoms with Crippen LogP contribution in [0.5, 0.6) is 10.9 Å². The van der Waals surface area contributed by atoms with E-state index in [4.69, 9.17) is 16.3 Å². The summed E-state index contributed by atoms with van der Waals surface area (Å²) in [5.74, 6) is 0.785. The number of ether oxygens (including phenoxy) is 1. The van der Waals surface area contributed by atoms with E-state index < -0.39 is 0 Å². The molecule has 84 valence electrons. The van der Waals surface area contributed by atoms with Crippen molar-refractivity contribution in [1.82, 2.24) is 10.2 Å². The second kappa shape index (κ2) is 4.69. The van der Waals surface area contributed by atoms with Crippen LogP contribution in [0.3, 0.4) is 0 Å². The summed E-state index contributed by atoms with van der Waals surface area (Å²) in [6, 6.07) is 3.72. The number of halogens is 2. The highest BCUT2D eigenvalue weighted by atomic mass is 79.9. The molecule has 0 atom stereocenters. The molecule has 0 unspecified atom stereocenters. The fourth-order valence-corrected chi connectivity index (χ4v) is 2.63. The molecule has 3 nitrogen and oxygen atoms in total. The minimum atomic E-state index is 0.514. The van der Waals surface area contributed by atoms with Crippen molar-refractivity contribution >= 4 is 38.9 Å². The Morgan fingerprint density at radius 3 is 2.38 bits per heavy atom. The maximum Gasteiger partial charge on any atom is 0.300 e. The summed E-state index contributed by atoms with van der Waals surface area (Å²) in [5.41, 5.74) is 1.97. The summed E-state index contributed by atoms with van der Waals surface area (Å²) >= 11 is 10.5. The fraction of sp³-hybridized carbons (Fsp3) is 0.200. The molecule has 2 rings (SSSR count). The molecule has 1 heterocycles. The van der Waals surface area contributed by atoms with Gasteiger partial charge in [-0.1, -0.05) is 16.7 Å². The van der Waals surface area contributed by atoms with Gasteiger partial charge < -0.3 is 4.74 Å². The second-order valence-corrected chi connectivity index (χ2v) is 5.94. The zero-order valence-corrected chi connectivity index (χ0v) is 11.8. The number of rotatable bonds is 2. The van der Waals surface area contributed by atoms with Gasteiger partial charge in [0.05, 0.1) is 0 Å². The first-order chi connectivity index (χ1) is 7.56. The van der Waals surface area contributed by atoms with Crippen LogP contribution in [0.15, 0.2) is 16.0 Å². The summed E-state index contributed by atoms with van der Waals surface area (Å²) in [6.45, 7) is 3.90. The molecular formula is C10H8BrClN2OS. The van der Waals surface area contributed by atoms with Crippen LogP contribution in [0.1, 0.15) is 11.1 Å². The third-order valence-electron chi connectivity index (χ3n) is 2.00. The Kier molecular flexibility index (Phi) is 3.47. The SMILES string of the molecule is Cc1cc(Cl)cc(C)c1Oc1nnc(Br)s1. The van der Waals surface area contributed by atoms with Crippen LogP contribution in [0.4, 0.5) is 0 Å². The first-order valence-corrected chi connectivity index (χ1v) is 6.48. The van der Waals surface area contributed by atoms with Gasteiger partial charge in [0, 0.05) is 5.02 Å². The van der Waals surface area contributed by atoms with E-state index in [9.17, 15) is 0 Å². The molecule has 1 aromatic heterocycles. The van der Waals surface area contributed by atoms with E-state index >= 15 is 0 Å². The Bertz CT molecular complexity index is 506. The molecule has 0 aliphatic rings. The lowest BCUT2D eigenvalue weighted by atomic mass is 10.1. The van der Waals surface area contributed by atoms with Crippen molar-refractivity contribution in [2.75, 3.05) is 0 Å². The summed E-state index contributed by atoms with van der Waals surface area (Å²) in [6.07, 6.45) is 0. The van der Waals surface area contributed by atoms with Crippen LogP contribution in [0.2, 0.25) is 5.02 Å². The molecule has 0 spiro atoms. The Hall–Kier alpha value is -0.650. The number of hydrogen-bond donors (Lipinski definition) is 0. The van der Waals surface area contributed by atoms with Crippen molar-refractivity contribution in [2.45, 2.75) is 13.8 Å². The lowest BCUT2D eigenvalue weighted by Gasteiger charge is -2.09. The maximum absolute atomic E-state index is 5.94. The molecule has 0 bridgehead atoms. The first-order valence-electron chi connectivity index (χ1n) is 4.50. The highest BCUT2D eigenvalue weighted by Gasteiger charge is 2.10. The topological polar surface area (TPSA) is 35.0 Å². The van der Waals surface area contributed by atoms with Crippen LogP contribution in [-0.2, 0) is 0 Å². The average Bonchev–Trinajstić information content (AvgIpc) is 2.58. The Morgan fingerprint density at radius 2 is 1.88 bits per heavy atom. The van der Waals surface area contributed by atoms with Gasteiger partial charge in [-0.05, 0) is 64.4 Å². The van der Waals surface area contributed by atoms with E-state index in [-0.39, 0.29) is 0 Å². The van der Waals surface area contributed by atoms with Crippen molar-refractivity contribution in [3.8, 4) is 10.9 Å². The first kappa shape index (κ1) is 11.8. The monoisotopic (exact) mass is 318 g/mol. The summed E-state index contributed by atoms with van der Waals surface area (Å²) < 4.78 is 6.37. The predicted molar refractivity (Wildman–Crippen MR) is 68.6 cm³/mol. The molecule has 16 heavy (non-hydrogen) atoms. The summed E-state index contributed by atoms with van der Waals surface area (Å²) in [7, 11) is 0. The van der Waals surface area contributed by atoms with E-state index in [0.29, 0.717) is 14.1 Å². The third kappa shape index (κ3) is 2.53. The van der Waals surface area contributed by atoms with Crippen molar-refractivity contribution in [2.24, 2.45) is 0 Å². The van der Waals surface area contributed by atoms with E-state index in [1.807, 2.05) is 26.0 Å². The van der Waals surface area contributed by atoms with Gasteiger partial charge in [-0.25, -0.2) is 0 Å². The highest BCUT2D eigenvalue weighted by Crippen LogP contribution is 2.33. The van der Waals surface area contributed by atoms with Crippen LogP contribution in [0.25, 0.3) is 0 Å². The van der Waals surface area contributed by atoms with Gasteiger partial charge in [0.1, 0.15) is 5.75 Å². The van der Waals surface area contributed by atoms with Crippen LogP contribution in [0, 0.1) is 13.8 Å². The van der Waals surface area contributed by atoms with Gasteiger partial charge >= 0.3 is 0 Å². The van der Waals surface area contributed by atoms with E-state index in [1.165, 1.54) is 11.3 Å². The predicted octanol–water partition coefficient (Wildman–Crippen LogP) is 4.36. The molecule has 0 amide bonds. The normalized spacial score (nSPS) is 10.5. The lowest BCUT2D eigenvalue weighted by molar-refractivity contribution is 0.466. The van der Waals surface area contributed by atoms with Gasteiger partial charge in [0.2, 0.25) is 0 Å². The zero-order valence-electron chi connectivity index (χ0n) is 8.62. The fourth-order valence-electron chi connectivity index (χ4n) is 1.38. The molecule has 0 aliphatic carbocycles. The molecular weight excluding hydrogens is 312 g/mol. The Balaban J connectivity index is 2.34. The van der Waals surface area contributed by atoms with Crippen molar-refractivity contribution in [3.63, 3.8) is 0 Å². The number of aryl methyl sites for hydroxylation is 2. The molecule has 6 heteroatoms. The second-order valence-electron chi connectivity index (χ2n) is 3.29. The summed E-state index contributed by atoms with van der Waals surface area (Å²) in [4.78, 5) is 0. The third-order valence-corrected chi connectivity index (χ3v) is 3.45. The maximum atomic E-state index is 5.94. The number of benzene rings is 1. The van der Waals surface area contributed by atoms with Crippen molar-refractivity contribution in [3.05, 3.63) is 32.2 Å². The smallest absolute Gasteiger partial charge is 0.300 e. The minimum absolute atomic E-state index is 0.514. The summed E-state index contributed by atoms with van der Waals surface area (Å²) in [5, 5.41) is 8.93. The Labute approximate surface area is 111 Å².